The van der Waals surface area contributed by atoms with Crippen LogP contribution in [0.25, 0.3) is 0 Å². The van der Waals surface area contributed by atoms with Crippen molar-refractivity contribution in [1.82, 2.24) is 4.31 Å². The molecule has 158 valence electrons. The molecule has 0 amide bonds. The molecule has 1 aromatic carbocycles. The van der Waals surface area contributed by atoms with Gasteiger partial charge in [-0.1, -0.05) is 45.2 Å². The highest BCUT2D eigenvalue weighted by Gasteiger charge is 2.33. The van der Waals surface area contributed by atoms with Crippen molar-refractivity contribution in [1.29, 1.82) is 0 Å². The Hall–Kier alpha value is -0.750. The van der Waals surface area contributed by atoms with Crippen molar-refractivity contribution < 1.29 is 9.57 Å². The Balaban J connectivity index is 1.53. The van der Waals surface area contributed by atoms with Gasteiger partial charge in [0.15, 0.2) is 6.29 Å². The van der Waals surface area contributed by atoms with Crippen LogP contribution in [0.4, 0.5) is 5.69 Å². The van der Waals surface area contributed by atoms with Crippen molar-refractivity contribution in [3.63, 3.8) is 0 Å². The van der Waals surface area contributed by atoms with E-state index in [1.807, 2.05) is 11.9 Å². The first-order valence-electron chi connectivity index (χ1n) is 11.3. The van der Waals surface area contributed by atoms with Gasteiger partial charge in [0, 0.05) is 31.0 Å². The van der Waals surface area contributed by atoms with Crippen molar-refractivity contribution in [3.05, 3.63) is 24.3 Å². The normalized spacial score (nSPS) is 23.3. The average Bonchev–Trinajstić information content (AvgIpc) is 2.98. The van der Waals surface area contributed by atoms with Gasteiger partial charge < -0.3 is 4.74 Å². The number of hydrogen-bond acceptors (Lipinski definition) is 5. The summed E-state index contributed by atoms with van der Waals surface area (Å²) in [5.41, 5.74) is 4.81. The number of para-hydroxylation sites is 1. The topological polar surface area (TPSA) is 33.7 Å². The number of hydrogen-bond donors (Lipinski definition) is 1. The van der Waals surface area contributed by atoms with E-state index < -0.39 is 0 Å². The van der Waals surface area contributed by atoms with Crippen molar-refractivity contribution in [2.45, 2.75) is 89.2 Å². The standard InChI is InChI=1S/C23H38N2O2S/c1-3-13-23(14-4-2)15-17-25(18-16-23)28-21-11-8-7-10-20(21)24-27-22-12-6-5-9-19-26-22/h7-8,10-11,22,24H,3-6,9,12-19H2,1-2H3. The molecule has 4 nitrogen and oxygen atoms in total. The van der Waals surface area contributed by atoms with Crippen LogP contribution in [0.15, 0.2) is 29.2 Å². The van der Waals surface area contributed by atoms with Crippen molar-refractivity contribution in [3.8, 4) is 0 Å². The van der Waals surface area contributed by atoms with E-state index in [0.717, 1.165) is 25.1 Å². The summed E-state index contributed by atoms with van der Waals surface area (Å²) in [6.07, 6.45) is 12.4. The van der Waals surface area contributed by atoms with Crippen LogP contribution in [0, 0.1) is 5.41 Å². The van der Waals surface area contributed by atoms with Crippen molar-refractivity contribution in [2.24, 2.45) is 5.41 Å². The van der Waals surface area contributed by atoms with Gasteiger partial charge in [0.25, 0.3) is 0 Å². The highest BCUT2D eigenvalue weighted by atomic mass is 32.2. The number of rotatable bonds is 9. The molecule has 5 heteroatoms. The monoisotopic (exact) mass is 406 g/mol. The molecule has 1 atom stereocenters. The van der Waals surface area contributed by atoms with E-state index in [-0.39, 0.29) is 6.29 Å². The molecule has 0 radical (unpaired) electrons. The Morgan fingerprint density at radius 2 is 1.86 bits per heavy atom. The molecule has 2 saturated heterocycles. The van der Waals surface area contributed by atoms with E-state index in [4.69, 9.17) is 9.57 Å². The maximum Gasteiger partial charge on any atom is 0.183 e. The lowest BCUT2D eigenvalue weighted by molar-refractivity contribution is -0.121. The van der Waals surface area contributed by atoms with Crippen LogP contribution in [0.5, 0.6) is 0 Å². The molecule has 1 N–H and O–H groups in total. The van der Waals surface area contributed by atoms with Gasteiger partial charge in [-0.25, -0.2) is 9.14 Å². The molecule has 0 spiro atoms. The van der Waals surface area contributed by atoms with E-state index in [1.54, 1.807) is 0 Å². The molecule has 0 aromatic heterocycles. The van der Waals surface area contributed by atoms with Crippen LogP contribution < -0.4 is 5.48 Å². The summed E-state index contributed by atoms with van der Waals surface area (Å²) >= 11 is 1.87. The first kappa shape index (κ1) is 21.9. The Labute approximate surface area is 175 Å². The number of nitrogens with one attached hydrogen (secondary N) is 1. The van der Waals surface area contributed by atoms with Crippen LogP contribution in [0.2, 0.25) is 0 Å². The van der Waals surface area contributed by atoms with E-state index in [1.165, 1.54) is 69.4 Å². The van der Waals surface area contributed by atoms with Crippen LogP contribution in [0.1, 0.15) is 78.1 Å². The van der Waals surface area contributed by atoms with Gasteiger partial charge in [0.2, 0.25) is 0 Å². The predicted octanol–water partition coefficient (Wildman–Crippen LogP) is 6.64. The average molecular weight is 407 g/mol. The number of nitrogens with zero attached hydrogens (tertiary/aromatic N) is 1. The van der Waals surface area contributed by atoms with E-state index in [2.05, 4.69) is 47.9 Å². The van der Waals surface area contributed by atoms with E-state index in [9.17, 15) is 0 Å². The summed E-state index contributed by atoms with van der Waals surface area (Å²) in [7, 11) is 0. The van der Waals surface area contributed by atoms with Crippen molar-refractivity contribution in [2.75, 3.05) is 25.2 Å². The van der Waals surface area contributed by atoms with Crippen molar-refractivity contribution >= 4 is 17.6 Å². The molecule has 2 aliphatic rings. The van der Waals surface area contributed by atoms with Gasteiger partial charge >= 0.3 is 0 Å². The lowest BCUT2D eigenvalue weighted by Gasteiger charge is -2.41. The molecule has 2 heterocycles. The highest BCUT2D eigenvalue weighted by molar-refractivity contribution is 7.97. The minimum atomic E-state index is -0.140. The zero-order chi connectivity index (χ0) is 19.7. The molecular weight excluding hydrogens is 368 g/mol. The Bertz CT molecular complexity index is 559. The Morgan fingerprint density at radius 1 is 1.11 bits per heavy atom. The quantitative estimate of drug-likeness (QED) is 0.367. The number of benzene rings is 1. The predicted molar refractivity (Wildman–Crippen MR) is 118 cm³/mol. The van der Waals surface area contributed by atoms with Gasteiger partial charge in [0.05, 0.1) is 5.69 Å². The molecule has 0 saturated carbocycles. The summed E-state index contributed by atoms with van der Waals surface area (Å²) < 4.78 is 8.32. The second-order valence-electron chi connectivity index (χ2n) is 8.39. The number of ether oxygens (including phenoxy) is 1. The largest absolute Gasteiger partial charge is 0.350 e. The smallest absolute Gasteiger partial charge is 0.183 e. The van der Waals surface area contributed by atoms with Crippen LogP contribution in [-0.4, -0.2) is 30.3 Å². The first-order valence-corrected chi connectivity index (χ1v) is 12.1. The minimum absolute atomic E-state index is 0.140. The maximum absolute atomic E-state index is 5.87. The van der Waals surface area contributed by atoms with Gasteiger partial charge in [-0.15, -0.1) is 0 Å². The minimum Gasteiger partial charge on any atom is -0.350 e. The molecule has 2 fully saturated rings. The fourth-order valence-corrected chi connectivity index (χ4v) is 5.61. The van der Waals surface area contributed by atoms with Gasteiger partial charge in [-0.2, -0.15) is 0 Å². The number of piperidine rings is 1. The molecule has 1 aromatic rings. The molecule has 3 rings (SSSR count). The van der Waals surface area contributed by atoms with Gasteiger partial charge in [-0.3, -0.25) is 5.48 Å². The fourth-order valence-electron chi connectivity index (χ4n) is 4.62. The summed E-state index contributed by atoms with van der Waals surface area (Å²) in [5, 5.41) is 0. The lowest BCUT2D eigenvalue weighted by atomic mass is 9.72. The summed E-state index contributed by atoms with van der Waals surface area (Å²) in [4.78, 5) is 7.10. The van der Waals surface area contributed by atoms with Crippen LogP contribution in [-0.2, 0) is 9.57 Å². The lowest BCUT2D eigenvalue weighted by Crippen LogP contribution is -2.36. The SMILES string of the molecule is CCCC1(CCC)CCN(Sc2ccccc2NOC2CCCCCO2)CC1. The highest BCUT2D eigenvalue weighted by Crippen LogP contribution is 2.43. The zero-order valence-electron chi connectivity index (χ0n) is 17.8. The Morgan fingerprint density at radius 3 is 2.61 bits per heavy atom. The fraction of sp³-hybridized carbons (Fsp3) is 0.739. The third-order valence-corrected chi connectivity index (χ3v) is 7.32. The summed E-state index contributed by atoms with van der Waals surface area (Å²) in [5.74, 6) is 0. The summed E-state index contributed by atoms with van der Waals surface area (Å²) in [6.45, 7) is 7.81. The molecule has 1 unspecified atom stereocenters. The first-order chi connectivity index (χ1) is 13.7. The third-order valence-electron chi connectivity index (χ3n) is 6.15. The van der Waals surface area contributed by atoms with Crippen LogP contribution >= 0.6 is 11.9 Å². The van der Waals surface area contributed by atoms with Gasteiger partial charge in [0.1, 0.15) is 0 Å². The molecular formula is C23H38N2O2S. The van der Waals surface area contributed by atoms with Crippen LogP contribution in [0.3, 0.4) is 0 Å². The second kappa shape index (κ2) is 11.4. The number of anilines is 1. The second-order valence-corrected chi connectivity index (χ2v) is 9.52. The van der Waals surface area contributed by atoms with E-state index >= 15 is 0 Å². The summed E-state index contributed by atoms with van der Waals surface area (Å²) in [6, 6.07) is 8.46. The third kappa shape index (κ3) is 6.38. The molecule has 28 heavy (non-hydrogen) atoms. The van der Waals surface area contributed by atoms with E-state index in [0.29, 0.717) is 5.41 Å². The molecule has 2 aliphatic heterocycles. The van der Waals surface area contributed by atoms with Gasteiger partial charge in [-0.05, 0) is 68.0 Å². The molecule has 0 bridgehead atoms. The molecule has 0 aliphatic carbocycles. The maximum atomic E-state index is 5.87. The Kier molecular flexibility index (Phi) is 8.97. The zero-order valence-corrected chi connectivity index (χ0v) is 18.6.